The van der Waals surface area contributed by atoms with Gasteiger partial charge in [-0.25, -0.2) is 9.78 Å². The molecule has 0 fully saturated rings. The Kier molecular flexibility index (Phi) is 5.61. The van der Waals surface area contributed by atoms with Crippen LogP contribution in [0, 0.1) is 0 Å². The van der Waals surface area contributed by atoms with Crippen molar-refractivity contribution in [3.63, 3.8) is 0 Å². The molecule has 9 nitrogen and oxygen atoms in total. The van der Waals surface area contributed by atoms with Crippen LogP contribution >= 0.6 is 0 Å². The standard InChI is InChI=1S/C11H14N2O7S/c1-2-20-8-4-3-5-12-9(8)10(14)13-7(11(15)16)6-21(17,18)19/h3-5,7H,2,6H2,1H3,(H,13,14)(H,15,16)(H,17,18,19). The number of pyridine rings is 1. The molecule has 1 heterocycles. The molecule has 1 aromatic heterocycles. The molecular weight excluding hydrogens is 304 g/mol. The highest BCUT2D eigenvalue weighted by Gasteiger charge is 2.27. The first kappa shape index (κ1) is 16.9. The summed E-state index contributed by atoms with van der Waals surface area (Å²) >= 11 is 0. The van der Waals surface area contributed by atoms with E-state index >= 15 is 0 Å². The zero-order chi connectivity index (χ0) is 16.0. The topological polar surface area (TPSA) is 143 Å². The molecule has 0 radical (unpaired) electrons. The van der Waals surface area contributed by atoms with E-state index in [0.29, 0.717) is 0 Å². The van der Waals surface area contributed by atoms with Gasteiger partial charge in [0.05, 0.1) is 6.61 Å². The number of carbonyl (C=O) groups excluding carboxylic acids is 1. The van der Waals surface area contributed by atoms with E-state index in [-0.39, 0.29) is 18.1 Å². The van der Waals surface area contributed by atoms with Gasteiger partial charge in [-0.15, -0.1) is 0 Å². The van der Waals surface area contributed by atoms with Crippen LogP contribution in [0.1, 0.15) is 17.4 Å². The molecule has 116 valence electrons. The van der Waals surface area contributed by atoms with Crippen molar-refractivity contribution in [2.24, 2.45) is 0 Å². The Hall–Kier alpha value is -2.20. The van der Waals surface area contributed by atoms with Crippen LogP contribution < -0.4 is 10.1 Å². The third kappa shape index (κ3) is 5.36. The number of aliphatic carboxylic acids is 1. The van der Waals surface area contributed by atoms with Gasteiger partial charge in [0.25, 0.3) is 16.0 Å². The quantitative estimate of drug-likeness (QED) is 0.574. The molecule has 0 aliphatic carbocycles. The van der Waals surface area contributed by atoms with E-state index in [1.165, 1.54) is 18.3 Å². The molecule has 1 rings (SSSR count). The number of hydrogen-bond donors (Lipinski definition) is 3. The second-order valence-corrected chi connectivity index (χ2v) is 5.39. The predicted molar refractivity (Wildman–Crippen MR) is 70.7 cm³/mol. The smallest absolute Gasteiger partial charge is 0.327 e. The summed E-state index contributed by atoms with van der Waals surface area (Å²) in [6.07, 6.45) is 1.30. The summed E-state index contributed by atoms with van der Waals surface area (Å²) in [5, 5.41) is 10.8. The van der Waals surface area contributed by atoms with E-state index < -0.39 is 33.8 Å². The molecular formula is C11H14N2O7S. The molecule has 1 amide bonds. The Morgan fingerprint density at radius 1 is 1.48 bits per heavy atom. The number of carboxylic acids is 1. The molecule has 0 aliphatic heterocycles. The lowest BCUT2D eigenvalue weighted by Gasteiger charge is -2.14. The second kappa shape index (κ2) is 6.99. The molecule has 0 saturated heterocycles. The van der Waals surface area contributed by atoms with E-state index in [1.54, 1.807) is 6.92 Å². The van der Waals surface area contributed by atoms with Gasteiger partial charge in [-0.2, -0.15) is 8.42 Å². The fourth-order valence-electron chi connectivity index (χ4n) is 1.44. The second-order valence-electron chi connectivity index (χ2n) is 3.90. The minimum atomic E-state index is -4.56. The van der Waals surface area contributed by atoms with Gasteiger partial charge in [0.2, 0.25) is 0 Å². The lowest BCUT2D eigenvalue weighted by Crippen LogP contribution is -2.45. The van der Waals surface area contributed by atoms with Crippen molar-refractivity contribution in [2.75, 3.05) is 12.4 Å². The zero-order valence-electron chi connectivity index (χ0n) is 11.0. The Morgan fingerprint density at radius 3 is 2.67 bits per heavy atom. The zero-order valence-corrected chi connectivity index (χ0v) is 11.8. The van der Waals surface area contributed by atoms with Gasteiger partial charge in [0.15, 0.2) is 11.4 Å². The van der Waals surface area contributed by atoms with Crippen molar-refractivity contribution in [2.45, 2.75) is 13.0 Å². The van der Waals surface area contributed by atoms with Crippen LogP contribution in [0.3, 0.4) is 0 Å². The number of hydrogen-bond acceptors (Lipinski definition) is 6. The van der Waals surface area contributed by atoms with Crippen LogP contribution in [0.2, 0.25) is 0 Å². The van der Waals surface area contributed by atoms with Crippen molar-refractivity contribution in [1.29, 1.82) is 0 Å². The molecule has 1 unspecified atom stereocenters. The number of nitrogens with zero attached hydrogens (tertiary/aromatic N) is 1. The van der Waals surface area contributed by atoms with Gasteiger partial charge in [-0.1, -0.05) is 0 Å². The van der Waals surface area contributed by atoms with Crippen LogP contribution in [-0.2, 0) is 14.9 Å². The monoisotopic (exact) mass is 318 g/mol. The number of nitrogens with one attached hydrogen (secondary N) is 1. The molecule has 1 atom stereocenters. The van der Waals surface area contributed by atoms with E-state index in [2.05, 4.69) is 4.98 Å². The van der Waals surface area contributed by atoms with Gasteiger partial charge >= 0.3 is 5.97 Å². The molecule has 1 aromatic rings. The normalized spacial score (nSPS) is 12.5. The first-order valence-corrected chi connectivity index (χ1v) is 7.42. The number of ether oxygens (including phenoxy) is 1. The predicted octanol–water partition coefficient (Wildman–Crippen LogP) is -0.449. The highest BCUT2D eigenvalue weighted by molar-refractivity contribution is 7.85. The Morgan fingerprint density at radius 2 is 2.14 bits per heavy atom. The van der Waals surface area contributed by atoms with Gasteiger partial charge in [0, 0.05) is 6.20 Å². The number of carboxylic acid groups (broad SMARTS) is 1. The number of carbonyl (C=O) groups is 2. The van der Waals surface area contributed by atoms with Crippen molar-refractivity contribution in [1.82, 2.24) is 10.3 Å². The Bertz CT molecular complexity index is 629. The summed E-state index contributed by atoms with van der Waals surface area (Å²) in [6, 6.07) is 1.18. The summed E-state index contributed by atoms with van der Waals surface area (Å²) in [7, 11) is -4.56. The molecule has 10 heteroatoms. The maximum Gasteiger partial charge on any atom is 0.327 e. The van der Waals surface area contributed by atoms with Crippen LogP contribution in [0.4, 0.5) is 0 Å². The Balaban J connectivity index is 2.95. The highest BCUT2D eigenvalue weighted by atomic mass is 32.2. The van der Waals surface area contributed by atoms with Crippen molar-refractivity contribution in [3.8, 4) is 5.75 Å². The van der Waals surface area contributed by atoms with Gasteiger partial charge in [-0.05, 0) is 19.1 Å². The van der Waals surface area contributed by atoms with Crippen molar-refractivity contribution in [3.05, 3.63) is 24.0 Å². The lowest BCUT2D eigenvalue weighted by molar-refractivity contribution is -0.138. The van der Waals surface area contributed by atoms with Crippen LogP contribution in [0.15, 0.2) is 18.3 Å². The van der Waals surface area contributed by atoms with Crippen LogP contribution in [0.5, 0.6) is 5.75 Å². The average molecular weight is 318 g/mol. The maximum atomic E-state index is 11.9. The molecule has 0 saturated carbocycles. The van der Waals surface area contributed by atoms with Crippen molar-refractivity contribution < 1.29 is 32.4 Å². The minimum Gasteiger partial charge on any atom is -0.491 e. The van der Waals surface area contributed by atoms with E-state index in [4.69, 9.17) is 14.4 Å². The summed E-state index contributed by atoms with van der Waals surface area (Å²) in [5.74, 6) is -3.54. The third-order valence-corrected chi connectivity index (χ3v) is 3.02. The van der Waals surface area contributed by atoms with Gasteiger partial charge in [-0.3, -0.25) is 9.35 Å². The molecule has 0 spiro atoms. The minimum absolute atomic E-state index is 0.133. The SMILES string of the molecule is CCOc1cccnc1C(=O)NC(CS(=O)(=O)O)C(=O)O. The Labute approximate surface area is 120 Å². The first-order valence-electron chi connectivity index (χ1n) is 5.81. The molecule has 0 aromatic carbocycles. The number of aromatic nitrogens is 1. The summed E-state index contributed by atoms with van der Waals surface area (Å²) in [4.78, 5) is 26.6. The molecule has 3 N–H and O–H groups in total. The maximum absolute atomic E-state index is 11.9. The van der Waals surface area contributed by atoms with Crippen LogP contribution in [0.25, 0.3) is 0 Å². The fourth-order valence-corrected chi connectivity index (χ4v) is 2.09. The lowest BCUT2D eigenvalue weighted by atomic mass is 10.2. The van der Waals surface area contributed by atoms with E-state index in [0.717, 1.165) is 0 Å². The molecule has 21 heavy (non-hydrogen) atoms. The van der Waals surface area contributed by atoms with Gasteiger partial charge in [0.1, 0.15) is 11.8 Å². The van der Waals surface area contributed by atoms with E-state index in [9.17, 15) is 18.0 Å². The summed E-state index contributed by atoms with van der Waals surface area (Å²) < 4.78 is 35.3. The summed E-state index contributed by atoms with van der Waals surface area (Å²) in [5.41, 5.74) is -0.180. The van der Waals surface area contributed by atoms with Crippen molar-refractivity contribution >= 4 is 22.0 Å². The first-order chi connectivity index (χ1) is 9.74. The van der Waals surface area contributed by atoms with E-state index in [1.807, 2.05) is 5.32 Å². The highest BCUT2D eigenvalue weighted by Crippen LogP contribution is 2.15. The number of rotatable bonds is 7. The summed E-state index contributed by atoms with van der Waals surface area (Å²) in [6.45, 7) is 1.95. The molecule has 0 aliphatic rings. The molecule has 0 bridgehead atoms. The number of amides is 1. The largest absolute Gasteiger partial charge is 0.491 e. The third-order valence-electron chi connectivity index (χ3n) is 2.27. The average Bonchev–Trinajstić information content (AvgIpc) is 2.37. The van der Waals surface area contributed by atoms with Gasteiger partial charge < -0.3 is 15.2 Å². The fraction of sp³-hybridized carbons (Fsp3) is 0.364. The van der Waals surface area contributed by atoms with Crippen LogP contribution in [-0.4, -0.2) is 53.3 Å².